The number of hydrogen-bond acceptors (Lipinski definition) is 4. The second kappa shape index (κ2) is 4.36. The van der Waals surface area contributed by atoms with E-state index >= 15 is 0 Å². The number of nitrogens with zero attached hydrogens (tertiary/aromatic N) is 1. The lowest BCUT2D eigenvalue weighted by molar-refractivity contribution is -0.387. The van der Waals surface area contributed by atoms with Crippen LogP contribution >= 0.6 is 12.4 Å². The van der Waals surface area contributed by atoms with Crippen LogP contribution in [0.25, 0.3) is 0 Å². The quantitative estimate of drug-likeness (QED) is 0.476. The molecule has 0 atom stereocenters. The number of halogens is 1. The first kappa shape index (κ1) is 12.8. The third kappa shape index (κ3) is 2.66. The number of hydrogen-bond donors (Lipinski definition) is 1. The number of nitro benzene ring substituents is 1. The molecule has 14 heavy (non-hydrogen) atoms. The van der Waals surface area contributed by atoms with E-state index in [1.54, 1.807) is 0 Å². The summed E-state index contributed by atoms with van der Waals surface area (Å²) in [6.07, 6.45) is 0. The van der Waals surface area contributed by atoms with E-state index in [0.717, 1.165) is 12.1 Å². The van der Waals surface area contributed by atoms with Crippen LogP contribution < -0.4 is 0 Å². The average Bonchev–Trinajstić information content (AvgIpc) is 2.03. The Hall–Kier alpha value is -1.18. The zero-order valence-electron chi connectivity index (χ0n) is 6.65. The molecular formula is C6H6ClNO5S. The molecule has 0 fully saturated rings. The maximum absolute atomic E-state index is 10.6. The molecule has 1 aromatic rings. The fourth-order valence-corrected chi connectivity index (χ4v) is 1.48. The van der Waals surface area contributed by atoms with Crippen LogP contribution in [0.2, 0.25) is 0 Å². The standard InChI is InChI=1S/C6H5NO5S.ClH/c8-7(9)5-3-1-2-4-6(5)13(10,11)12;/h1-4H,(H,10,11,12);1H. The second-order valence-corrected chi connectivity index (χ2v) is 3.59. The highest BCUT2D eigenvalue weighted by Crippen LogP contribution is 2.21. The Bertz CT molecular complexity index is 443. The SMILES string of the molecule is Cl.O=[N+]([O-])c1ccccc1S(=O)(=O)O. The monoisotopic (exact) mass is 239 g/mol. The lowest BCUT2D eigenvalue weighted by atomic mass is 10.3. The van der Waals surface area contributed by atoms with Crippen molar-refractivity contribution >= 4 is 28.2 Å². The Morgan fingerprint density at radius 2 is 1.79 bits per heavy atom. The van der Waals surface area contributed by atoms with Crippen molar-refractivity contribution in [2.75, 3.05) is 0 Å². The lowest BCUT2D eigenvalue weighted by Crippen LogP contribution is -2.02. The van der Waals surface area contributed by atoms with Crippen LogP contribution in [0, 0.1) is 10.1 Å². The van der Waals surface area contributed by atoms with E-state index in [9.17, 15) is 18.5 Å². The third-order valence-corrected chi connectivity index (χ3v) is 2.24. The van der Waals surface area contributed by atoms with Crippen LogP contribution in [-0.2, 0) is 10.1 Å². The lowest BCUT2D eigenvalue weighted by Gasteiger charge is -1.97. The molecule has 0 aliphatic carbocycles. The van der Waals surface area contributed by atoms with Crippen molar-refractivity contribution in [1.82, 2.24) is 0 Å². The first-order valence-electron chi connectivity index (χ1n) is 3.14. The van der Waals surface area contributed by atoms with E-state index in [1.807, 2.05) is 0 Å². The van der Waals surface area contributed by atoms with Gasteiger partial charge < -0.3 is 0 Å². The van der Waals surface area contributed by atoms with E-state index in [4.69, 9.17) is 4.55 Å². The highest BCUT2D eigenvalue weighted by molar-refractivity contribution is 7.86. The molecule has 0 unspecified atom stereocenters. The van der Waals surface area contributed by atoms with Crippen LogP contribution in [-0.4, -0.2) is 17.9 Å². The summed E-state index contributed by atoms with van der Waals surface area (Å²) in [7, 11) is -4.52. The molecule has 0 saturated heterocycles. The summed E-state index contributed by atoms with van der Waals surface area (Å²) >= 11 is 0. The van der Waals surface area contributed by atoms with E-state index in [-0.39, 0.29) is 12.4 Å². The molecule has 0 radical (unpaired) electrons. The normalized spacial score (nSPS) is 10.4. The van der Waals surface area contributed by atoms with Gasteiger partial charge in [0.25, 0.3) is 5.69 Å². The molecular weight excluding hydrogens is 234 g/mol. The number of benzene rings is 1. The minimum Gasteiger partial charge on any atom is -0.282 e. The van der Waals surface area contributed by atoms with Crippen LogP contribution in [0.15, 0.2) is 29.2 Å². The first-order chi connectivity index (χ1) is 5.93. The van der Waals surface area contributed by atoms with Crippen LogP contribution in [0.5, 0.6) is 0 Å². The maximum Gasteiger partial charge on any atom is 0.301 e. The fourth-order valence-electron chi connectivity index (χ4n) is 0.826. The molecule has 8 heteroatoms. The summed E-state index contributed by atoms with van der Waals surface area (Å²) in [4.78, 5) is 8.73. The Morgan fingerprint density at radius 1 is 1.29 bits per heavy atom. The Morgan fingerprint density at radius 3 is 2.14 bits per heavy atom. The predicted octanol–water partition coefficient (Wildman–Crippen LogP) is 1.26. The highest BCUT2D eigenvalue weighted by atomic mass is 35.5. The van der Waals surface area contributed by atoms with Crippen LogP contribution in [0.3, 0.4) is 0 Å². The van der Waals surface area contributed by atoms with Gasteiger partial charge in [-0.3, -0.25) is 14.7 Å². The summed E-state index contributed by atoms with van der Waals surface area (Å²) in [5.41, 5.74) is -0.634. The van der Waals surface area contributed by atoms with Crippen molar-refractivity contribution in [3.05, 3.63) is 34.4 Å². The summed E-state index contributed by atoms with van der Waals surface area (Å²) in [6.45, 7) is 0. The van der Waals surface area contributed by atoms with Crippen molar-refractivity contribution in [3.8, 4) is 0 Å². The van der Waals surface area contributed by atoms with Gasteiger partial charge in [-0.25, -0.2) is 0 Å². The molecule has 0 saturated carbocycles. The number of rotatable bonds is 2. The molecule has 1 aromatic carbocycles. The van der Waals surface area contributed by atoms with Gasteiger partial charge in [0.15, 0.2) is 4.90 Å². The first-order valence-corrected chi connectivity index (χ1v) is 4.58. The molecule has 0 aliphatic heterocycles. The summed E-state index contributed by atoms with van der Waals surface area (Å²) in [5, 5.41) is 10.3. The van der Waals surface area contributed by atoms with Gasteiger partial charge in [0.05, 0.1) is 4.92 Å². The van der Waals surface area contributed by atoms with Gasteiger partial charge in [-0.2, -0.15) is 8.42 Å². The van der Waals surface area contributed by atoms with E-state index < -0.39 is 25.6 Å². The van der Waals surface area contributed by atoms with E-state index in [0.29, 0.717) is 0 Å². The molecule has 0 bridgehead atoms. The molecule has 1 N–H and O–H groups in total. The van der Waals surface area contributed by atoms with Gasteiger partial charge in [0, 0.05) is 6.07 Å². The largest absolute Gasteiger partial charge is 0.301 e. The molecule has 0 spiro atoms. The van der Waals surface area contributed by atoms with Crippen molar-refractivity contribution in [1.29, 1.82) is 0 Å². The van der Waals surface area contributed by atoms with Gasteiger partial charge >= 0.3 is 10.1 Å². The fraction of sp³-hybridized carbons (Fsp3) is 0. The molecule has 1 rings (SSSR count). The van der Waals surface area contributed by atoms with Crippen molar-refractivity contribution < 1.29 is 17.9 Å². The average molecular weight is 240 g/mol. The zero-order valence-corrected chi connectivity index (χ0v) is 8.29. The van der Waals surface area contributed by atoms with Gasteiger partial charge in [-0.1, -0.05) is 12.1 Å². The molecule has 0 heterocycles. The maximum atomic E-state index is 10.6. The van der Waals surface area contributed by atoms with E-state index in [1.165, 1.54) is 12.1 Å². The zero-order chi connectivity index (χ0) is 10.1. The van der Waals surface area contributed by atoms with E-state index in [2.05, 4.69) is 0 Å². The molecule has 6 nitrogen and oxygen atoms in total. The van der Waals surface area contributed by atoms with Crippen molar-refractivity contribution in [2.24, 2.45) is 0 Å². The van der Waals surface area contributed by atoms with Gasteiger partial charge in [0.2, 0.25) is 0 Å². The minimum absolute atomic E-state index is 0. The highest BCUT2D eigenvalue weighted by Gasteiger charge is 2.22. The van der Waals surface area contributed by atoms with Gasteiger partial charge in [-0.15, -0.1) is 12.4 Å². The Kier molecular flexibility index (Phi) is 3.99. The second-order valence-electron chi connectivity index (χ2n) is 2.20. The van der Waals surface area contributed by atoms with Gasteiger partial charge in [-0.05, 0) is 6.07 Å². The summed E-state index contributed by atoms with van der Waals surface area (Å²) in [5.74, 6) is 0. The predicted molar refractivity (Wildman–Crippen MR) is 50.2 cm³/mol. The Labute approximate surface area is 85.9 Å². The smallest absolute Gasteiger partial charge is 0.282 e. The molecule has 0 aromatic heterocycles. The third-order valence-electron chi connectivity index (χ3n) is 1.34. The van der Waals surface area contributed by atoms with Crippen molar-refractivity contribution in [2.45, 2.75) is 4.90 Å². The Balaban J connectivity index is 0.00000169. The molecule has 0 amide bonds. The topological polar surface area (TPSA) is 97.5 Å². The van der Waals surface area contributed by atoms with Crippen molar-refractivity contribution in [3.63, 3.8) is 0 Å². The number of para-hydroxylation sites is 1. The van der Waals surface area contributed by atoms with Crippen LogP contribution in [0.4, 0.5) is 5.69 Å². The number of nitro groups is 1. The molecule has 0 aliphatic rings. The van der Waals surface area contributed by atoms with Crippen LogP contribution in [0.1, 0.15) is 0 Å². The minimum atomic E-state index is -4.52. The summed E-state index contributed by atoms with van der Waals surface area (Å²) in [6, 6.07) is 4.57. The molecule has 78 valence electrons. The van der Waals surface area contributed by atoms with Gasteiger partial charge in [0.1, 0.15) is 0 Å². The summed E-state index contributed by atoms with van der Waals surface area (Å²) < 4.78 is 29.8.